The lowest BCUT2D eigenvalue weighted by molar-refractivity contribution is 0.294. The molecule has 0 spiro atoms. The van der Waals surface area contributed by atoms with Gasteiger partial charge in [0.2, 0.25) is 0 Å². The maximum atomic E-state index is 2.52. The van der Waals surface area contributed by atoms with Crippen LogP contribution in [-0.4, -0.2) is 0 Å². The molecule has 0 N–H and O–H groups in total. The van der Waals surface area contributed by atoms with Gasteiger partial charge in [-0.3, -0.25) is 0 Å². The minimum absolute atomic E-state index is 0.954. The lowest BCUT2D eigenvalue weighted by Gasteiger charge is -2.17. The Morgan fingerprint density at radius 1 is 1.38 bits per heavy atom. The summed E-state index contributed by atoms with van der Waals surface area (Å²) in [5, 5.41) is 0. The summed E-state index contributed by atoms with van der Waals surface area (Å²) in [7, 11) is 0. The Bertz CT molecular complexity index is 175. The number of rotatable bonds is 0. The van der Waals surface area contributed by atoms with E-state index in [1.807, 2.05) is 0 Å². The summed E-state index contributed by atoms with van der Waals surface area (Å²) >= 11 is 0. The van der Waals surface area contributed by atoms with E-state index in [2.05, 4.69) is 6.92 Å². The van der Waals surface area contributed by atoms with Gasteiger partial charge in [-0.05, 0) is 41.4 Å². The van der Waals surface area contributed by atoms with Crippen molar-refractivity contribution < 1.29 is 0 Å². The van der Waals surface area contributed by atoms with E-state index in [0.717, 1.165) is 5.41 Å². The molecule has 0 heteroatoms. The fraction of sp³-hybridized carbons (Fsp3) is 1.00. The highest BCUT2D eigenvalue weighted by molar-refractivity contribution is 5.41. The molecule has 0 aromatic carbocycles. The van der Waals surface area contributed by atoms with Crippen LogP contribution in [0.25, 0.3) is 0 Å². The minimum Gasteiger partial charge on any atom is -0.0588 e. The molecule has 0 aromatic heterocycles. The van der Waals surface area contributed by atoms with E-state index in [1.165, 1.54) is 29.6 Å². The quantitative estimate of drug-likeness (QED) is 0.439. The first-order chi connectivity index (χ1) is 3.85. The molecular formula is C8H10. The Morgan fingerprint density at radius 3 is 2.38 bits per heavy atom. The SMILES string of the molecule is C[C@]12C3CC4[C@@H]([C@H]41)[C@H]32. The second kappa shape index (κ2) is 0.521. The van der Waals surface area contributed by atoms with Crippen molar-refractivity contribution in [2.24, 2.45) is 35.0 Å². The van der Waals surface area contributed by atoms with E-state index >= 15 is 0 Å². The van der Waals surface area contributed by atoms with Crippen LogP contribution in [0.1, 0.15) is 13.3 Å². The van der Waals surface area contributed by atoms with Crippen LogP contribution in [0.2, 0.25) is 0 Å². The molecule has 5 rings (SSSR count). The Morgan fingerprint density at radius 2 is 2.25 bits per heavy atom. The van der Waals surface area contributed by atoms with Gasteiger partial charge >= 0.3 is 0 Å². The van der Waals surface area contributed by atoms with Gasteiger partial charge in [0.05, 0.1) is 0 Å². The molecule has 5 aliphatic rings. The van der Waals surface area contributed by atoms with Crippen molar-refractivity contribution in [1.29, 1.82) is 0 Å². The average Bonchev–Trinajstić information content (AvgIpc) is 2.37. The van der Waals surface area contributed by atoms with Crippen LogP contribution in [0.15, 0.2) is 0 Å². The van der Waals surface area contributed by atoms with Crippen LogP contribution in [0.5, 0.6) is 0 Å². The zero-order chi connectivity index (χ0) is 5.09. The molecule has 2 unspecified atom stereocenters. The summed E-state index contributed by atoms with van der Waals surface area (Å²) in [6, 6.07) is 0. The monoisotopic (exact) mass is 106 g/mol. The van der Waals surface area contributed by atoms with Crippen LogP contribution in [0, 0.1) is 35.0 Å². The van der Waals surface area contributed by atoms with Gasteiger partial charge in [-0.15, -0.1) is 0 Å². The third kappa shape index (κ3) is 0.104. The number of hydrogen-bond donors (Lipinski definition) is 0. The van der Waals surface area contributed by atoms with Crippen molar-refractivity contribution in [3.63, 3.8) is 0 Å². The maximum Gasteiger partial charge on any atom is -0.0227 e. The fourth-order valence-corrected chi connectivity index (χ4v) is 4.46. The van der Waals surface area contributed by atoms with E-state index in [4.69, 9.17) is 0 Å². The van der Waals surface area contributed by atoms with Gasteiger partial charge in [0.1, 0.15) is 0 Å². The normalized spacial score (nSPS) is 94.9. The highest BCUT2D eigenvalue weighted by Gasteiger charge is 2.94. The predicted molar refractivity (Wildman–Crippen MR) is 30.2 cm³/mol. The molecule has 0 radical (unpaired) electrons. The van der Waals surface area contributed by atoms with Crippen LogP contribution in [-0.2, 0) is 0 Å². The first-order valence-electron chi connectivity index (χ1n) is 3.85. The van der Waals surface area contributed by atoms with Gasteiger partial charge in [0.15, 0.2) is 0 Å². The minimum atomic E-state index is 0.954. The van der Waals surface area contributed by atoms with Crippen LogP contribution in [0.3, 0.4) is 0 Å². The maximum absolute atomic E-state index is 2.52. The second-order valence-electron chi connectivity index (χ2n) is 4.50. The van der Waals surface area contributed by atoms with Crippen LogP contribution < -0.4 is 0 Å². The van der Waals surface area contributed by atoms with Gasteiger partial charge in [-0.2, -0.15) is 0 Å². The fourth-order valence-electron chi connectivity index (χ4n) is 4.46. The van der Waals surface area contributed by atoms with Gasteiger partial charge in [0, 0.05) is 0 Å². The van der Waals surface area contributed by atoms with E-state index in [0.29, 0.717) is 0 Å². The zero-order valence-corrected chi connectivity index (χ0v) is 5.09. The Hall–Kier alpha value is 0. The largest absolute Gasteiger partial charge is 0.0588 e. The molecule has 5 aliphatic carbocycles. The van der Waals surface area contributed by atoms with Gasteiger partial charge in [-0.1, -0.05) is 6.92 Å². The summed E-state index contributed by atoms with van der Waals surface area (Å²) in [5.74, 6) is 6.30. The summed E-state index contributed by atoms with van der Waals surface area (Å²) < 4.78 is 0. The van der Waals surface area contributed by atoms with Crippen molar-refractivity contribution in [3.8, 4) is 0 Å². The summed E-state index contributed by atoms with van der Waals surface area (Å²) in [6.07, 6.45) is 1.64. The highest BCUT2D eigenvalue weighted by Crippen LogP contribution is 2.98. The second-order valence-corrected chi connectivity index (χ2v) is 4.50. The van der Waals surface area contributed by atoms with E-state index < -0.39 is 0 Å². The van der Waals surface area contributed by atoms with E-state index in [9.17, 15) is 0 Å². The summed E-state index contributed by atoms with van der Waals surface area (Å²) in [4.78, 5) is 0. The smallest absolute Gasteiger partial charge is 0.0227 e. The van der Waals surface area contributed by atoms with Crippen molar-refractivity contribution in [1.82, 2.24) is 0 Å². The van der Waals surface area contributed by atoms with Crippen molar-refractivity contribution >= 4 is 0 Å². The standard InChI is InChI=1S/C8H10/c1-8-4-2-3-5(6(3)8)7(4)8/h3-7H,2H2,1H3/t3?,4?,5-,6-,7-,8-/m0/s1. The molecular weight excluding hydrogens is 96.1 g/mol. The third-order valence-electron chi connectivity index (χ3n) is 4.73. The number of hydrogen-bond acceptors (Lipinski definition) is 0. The molecule has 0 heterocycles. The highest BCUT2D eigenvalue weighted by atomic mass is 15.0. The molecule has 5 saturated carbocycles. The molecule has 0 nitrogen and oxygen atoms in total. The topological polar surface area (TPSA) is 0 Å². The third-order valence-corrected chi connectivity index (χ3v) is 4.73. The Labute approximate surface area is 49.3 Å². The van der Waals surface area contributed by atoms with Crippen molar-refractivity contribution in [2.45, 2.75) is 13.3 Å². The molecule has 0 amide bonds. The lowest BCUT2D eigenvalue weighted by atomic mass is 9.87. The Balaban J connectivity index is 2.12. The van der Waals surface area contributed by atoms with Crippen molar-refractivity contribution in [2.75, 3.05) is 0 Å². The molecule has 6 atom stereocenters. The molecule has 0 aliphatic heterocycles. The molecule has 2 bridgehead atoms. The summed E-state index contributed by atoms with van der Waals surface area (Å²) in [6.45, 7) is 2.52. The first kappa shape index (κ1) is 3.24. The first-order valence-corrected chi connectivity index (χ1v) is 3.85. The molecule has 5 fully saturated rings. The van der Waals surface area contributed by atoms with E-state index in [1.54, 1.807) is 6.42 Å². The molecule has 42 valence electrons. The zero-order valence-electron chi connectivity index (χ0n) is 5.09. The van der Waals surface area contributed by atoms with Gasteiger partial charge in [0.25, 0.3) is 0 Å². The van der Waals surface area contributed by atoms with E-state index in [-0.39, 0.29) is 0 Å². The molecule has 0 aromatic rings. The van der Waals surface area contributed by atoms with Gasteiger partial charge in [-0.25, -0.2) is 0 Å². The van der Waals surface area contributed by atoms with Gasteiger partial charge < -0.3 is 0 Å². The average molecular weight is 106 g/mol. The van der Waals surface area contributed by atoms with Crippen LogP contribution in [0.4, 0.5) is 0 Å². The molecule has 0 saturated heterocycles. The summed E-state index contributed by atoms with van der Waals surface area (Å²) in [5.41, 5.74) is 0.954. The van der Waals surface area contributed by atoms with Crippen molar-refractivity contribution in [3.05, 3.63) is 0 Å². The molecule has 8 heavy (non-hydrogen) atoms. The Kier molecular flexibility index (Phi) is 0.211. The lowest BCUT2D eigenvalue weighted by Crippen LogP contribution is -2.13. The van der Waals surface area contributed by atoms with Crippen LogP contribution >= 0.6 is 0 Å². The predicted octanol–water partition coefficient (Wildman–Crippen LogP) is 1.52.